The number of hydrogen-bond acceptors (Lipinski definition) is 5. The smallest absolute Gasteiger partial charge is 0.235 e. The van der Waals surface area contributed by atoms with E-state index in [1.807, 2.05) is 4.57 Å². The van der Waals surface area contributed by atoms with Gasteiger partial charge in [0.25, 0.3) is 0 Å². The summed E-state index contributed by atoms with van der Waals surface area (Å²) in [5, 5.41) is 20.7. The van der Waals surface area contributed by atoms with E-state index in [0.717, 1.165) is 10.9 Å². The van der Waals surface area contributed by atoms with E-state index in [9.17, 15) is 10.2 Å². The molecule has 2 aliphatic rings. The number of aliphatic hydroxyl groups excluding tert-OH is 2. The Bertz CT molecular complexity index is 557. The molecule has 0 bridgehead atoms. The van der Waals surface area contributed by atoms with Gasteiger partial charge in [0.1, 0.15) is 11.6 Å². The Morgan fingerprint density at radius 1 is 1.53 bits per heavy atom. The van der Waals surface area contributed by atoms with Gasteiger partial charge in [-0.2, -0.15) is 0 Å². The number of hydrogen-bond donors (Lipinski definition) is 4. The van der Waals surface area contributed by atoms with Crippen molar-refractivity contribution in [1.29, 1.82) is 0 Å². The highest BCUT2D eigenvalue weighted by molar-refractivity contribution is 5.65. The summed E-state index contributed by atoms with van der Waals surface area (Å²) in [4.78, 5) is 3.83. The second-order valence-electron chi connectivity index (χ2n) is 3.45. The molecule has 1 atom stereocenters. The summed E-state index contributed by atoms with van der Waals surface area (Å²) >= 11 is 0. The van der Waals surface area contributed by atoms with Gasteiger partial charge in [0.05, 0.1) is 11.9 Å². The topological polar surface area (TPSA) is 81.8 Å². The van der Waals surface area contributed by atoms with Crippen LogP contribution in [0.2, 0.25) is 0 Å². The monoisotopic (exact) mass is 206 g/mol. The Balaban J connectivity index is 2.39. The molecule has 1 unspecified atom stereocenters. The zero-order chi connectivity index (χ0) is 10.4. The molecule has 0 aliphatic carbocycles. The number of aliphatic hydroxyl groups is 2. The molecule has 0 spiro atoms. The summed E-state index contributed by atoms with van der Waals surface area (Å²) in [6, 6.07) is 1.73. The third-order valence-corrected chi connectivity index (χ3v) is 2.60. The van der Waals surface area contributed by atoms with Gasteiger partial charge in [0.15, 0.2) is 0 Å². The molecule has 1 aromatic heterocycles. The van der Waals surface area contributed by atoms with Gasteiger partial charge in [-0.1, -0.05) is 0 Å². The minimum absolute atomic E-state index is 0.0174. The van der Waals surface area contributed by atoms with Crippen LogP contribution in [0.4, 0.5) is 0 Å². The minimum atomic E-state index is -0.768. The van der Waals surface area contributed by atoms with E-state index < -0.39 is 6.23 Å². The average Bonchev–Trinajstić information content (AvgIpc) is 2.60. The predicted molar refractivity (Wildman–Crippen MR) is 53.9 cm³/mol. The Hall–Kier alpha value is -1.79. The van der Waals surface area contributed by atoms with E-state index in [2.05, 4.69) is 15.8 Å². The fourth-order valence-electron chi connectivity index (χ4n) is 1.89. The third kappa shape index (κ3) is 1.09. The maximum Gasteiger partial charge on any atom is 0.235 e. The Labute approximate surface area is 84.8 Å². The fourth-order valence-corrected chi connectivity index (χ4v) is 1.89. The first-order valence-corrected chi connectivity index (χ1v) is 4.62. The molecule has 0 fully saturated rings. The SMILES string of the molecule is OC1=c2cc3c(n2CC=N1)=CNNC3O. The molecule has 0 aromatic carbocycles. The van der Waals surface area contributed by atoms with Crippen molar-refractivity contribution in [2.75, 3.05) is 0 Å². The molecule has 4 N–H and O–H groups in total. The van der Waals surface area contributed by atoms with Crippen molar-refractivity contribution < 1.29 is 10.2 Å². The van der Waals surface area contributed by atoms with Gasteiger partial charge >= 0.3 is 0 Å². The Morgan fingerprint density at radius 3 is 3.27 bits per heavy atom. The van der Waals surface area contributed by atoms with E-state index in [0.29, 0.717) is 11.9 Å². The van der Waals surface area contributed by atoms with E-state index >= 15 is 0 Å². The lowest BCUT2D eigenvalue weighted by molar-refractivity contribution is 0.125. The van der Waals surface area contributed by atoms with Crippen LogP contribution in [0.3, 0.4) is 0 Å². The van der Waals surface area contributed by atoms with Crippen molar-refractivity contribution in [3.63, 3.8) is 0 Å². The zero-order valence-corrected chi connectivity index (χ0v) is 7.81. The van der Waals surface area contributed by atoms with Gasteiger partial charge in [-0.15, -0.1) is 0 Å². The maximum absolute atomic E-state index is 9.66. The first kappa shape index (κ1) is 8.51. The van der Waals surface area contributed by atoms with Gasteiger partial charge < -0.3 is 20.2 Å². The third-order valence-electron chi connectivity index (χ3n) is 2.60. The lowest BCUT2D eigenvalue weighted by Gasteiger charge is -2.16. The van der Waals surface area contributed by atoms with E-state index in [1.165, 1.54) is 0 Å². The normalized spacial score (nSPS) is 22.7. The Morgan fingerprint density at radius 2 is 2.40 bits per heavy atom. The van der Waals surface area contributed by atoms with Gasteiger partial charge in [0, 0.05) is 18.0 Å². The first-order valence-electron chi connectivity index (χ1n) is 4.62. The number of nitrogens with one attached hydrogen (secondary N) is 2. The first-order chi connectivity index (χ1) is 7.27. The van der Waals surface area contributed by atoms with Crippen molar-refractivity contribution in [2.24, 2.45) is 4.99 Å². The lowest BCUT2D eigenvalue weighted by Crippen LogP contribution is -2.42. The molecule has 2 aliphatic heterocycles. The lowest BCUT2D eigenvalue weighted by atomic mass is 10.2. The summed E-state index contributed by atoms with van der Waals surface area (Å²) < 4.78 is 1.88. The molecule has 1 aromatic rings. The standard InChI is InChI=1S/C9H10N4O2/c14-8-5-3-6-9(15)10-1-2-13(6)7(5)4-11-12-8/h1,3-4,8,11-12,14-15H,2H2. The molecule has 6 nitrogen and oxygen atoms in total. The number of nitrogens with zero attached hydrogens (tertiary/aromatic N) is 2. The van der Waals surface area contributed by atoms with Gasteiger partial charge in [-0.3, -0.25) is 0 Å². The molecule has 3 rings (SSSR count). The van der Waals surface area contributed by atoms with Crippen LogP contribution in [0.5, 0.6) is 0 Å². The van der Waals surface area contributed by atoms with Crippen LogP contribution in [-0.4, -0.2) is 21.0 Å². The average molecular weight is 206 g/mol. The predicted octanol–water partition coefficient (Wildman–Crippen LogP) is -1.97. The van der Waals surface area contributed by atoms with E-state index in [4.69, 9.17) is 0 Å². The van der Waals surface area contributed by atoms with E-state index in [1.54, 1.807) is 18.5 Å². The molecule has 0 radical (unpaired) electrons. The summed E-state index contributed by atoms with van der Waals surface area (Å²) in [6.45, 7) is 0.597. The molecule has 0 amide bonds. The largest absolute Gasteiger partial charge is 0.492 e. The molecule has 0 saturated carbocycles. The zero-order valence-electron chi connectivity index (χ0n) is 7.81. The molecule has 78 valence electrons. The van der Waals surface area contributed by atoms with Crippen LogP contribution in [-0.2, 0) is 6.54 Å². The molecule has 3 heterocycles. The van der Waals surface area contributed by atoms with Crippen molar-refractivity contribution in [3.05, 3.63) is 22.3 Å². The number of aliphatic imine (C=N–C) groups is 1. The number of aromatic nitrogens is 1. The summed E-state index contributed by atoms with van der Waals surface area (Å²) in [5.74, 6) is -0.0174. The molecule has 15 heavy (non-hydrogen) atoms. The van der Waals surface area contributed by atoms with Crippen LogP contribution < -0.4 is 21.5 Å². The number of fused-ring (bicyclic) bond motifs is 3. The number of rotatable bonds is 0. The highest BCUT2D eigenvalue weighted by Gasteiger charge is 2.18. The van der Waals surface area contributed by atoms with Gasteiger partial charge in [-0.25, -0.2) is 10.4 Å². The molecule has 0 saturated heterocycles. The van der Waals surface area contributed by atoms with Gasteiger partial charge in [-0.05, 0) is 6.07 Å². The van der Waals surface area contributed by atoms with Crippen LogP contribution in [0.15, 0.2) is 11.1 Å². The molecular weight excluding hydrogens is 196 g/mol. The van der Waals surface area contributed by atoms with Crippen molar-refractivity contribution in [2.45, 2.75) is 12.8 Å². The number of hydrazine groups is 1. The molecule has 6 heteroatoms. The van der Waals surface area contributed by atoms with Crippen LogP contribution in [0, 0.1) is 0 Å². The van der Waals surface area contributed by atoms with Gasteiger partial charge in [0.2, 0.25) is 5.88 Å². The van der Waals surface area contributed by atoms with Crippen molar-refractivity contribution in [1.82, 2.24) is 15.4 Å². The summed E-state index contributed by atoms with van der Waals surface area (Å²) in [6.07, 6.45) is 2.61. The highest BCUT2D eigenvalue weighted by Crippen LogP contribution is 2.05. The fraction of sp³-hybridized carbons (Fsp3) is 0.222. The van der Waals surface area contributed by atoms with Crippen LogP contribution in [0.1, 0.15) is 11.8 Å². The second kappa shape index (κ2) is 2.85. The molecular formula is C9H10N4O2. The highest BCUT2D eigenvalue weighted by atomic mass is 16.3. The van der Waals surface area contributed by atoms with Crippen molar-refractivity contribution in [3.8, 4) is 0 Å². The quantitative estimate of drug-likeness (QED) is 0.397. The maximum atomic E-state index is 9.66. The second-order valence-corrected chi connectivity index (χ2v) is 3.45. The van der Waals surface area contributed by atoms with Crippen LogP contribution in [0.25, 0.3) is 12.1 Å². The van der Waals surface area contributed by atoms with E-state index in [-0.39, 0.29) is 5.88 Å². The summed E-state index contributed by atoms with van der Waals surface area (Å²) in [7, 11) is 0. The van der Waals surface area contributed by atoms with Crippen LogP contribution >= 0.6 is 0 Å². The Kier molecular flexibility index (Phi) is 1.62. The summed E-state index contributed by atoms with van der Waals surface area (Å²) in [5.41, 5.74) is 6.16. The minimum Gasteiger partial charge on any atom is -0.492 e. The van der Waals surface area contributed by atoms with Crippen molar-refractivity contribution >= 4 is 18.3 Å².